The minimum Gasteiger partial charge on any atom is -0.447 e. The summed E-state index contributed by atoms with van der Waals surface area (Å²) >= 11 is 1.56. The summed E-state index contributed by atoms with van der Waals surface area (Å²) in [5.41, 5.74) is 1.36. The number of esters is 1. The fourth-order valence-electron chi connectivity index (χ4n) is 2.70. The number of fused-ring (bicyclic) bond motifs is 1. The lowest BCUT2D eigenvalue weighted by Crippen LogP contribution is -2.25. The molecule has 1 N–H and O–H groups in total. The lowest BCUT2D eigenvalue weighted by atomic mass is 10.1. The van der Waals surface area contributed by atoms with Gasteiger partial charge in [-0.15, -0.1) is 16.4 Å². The van der Waals surface area contributed by atoms with E-state index in [1.165, 1.54) is 6.92 Å². The van der Waals surface area contributed by atoms with Crippen molar-refractivity contribution in [1.29, 1.82) is 0 Å². The van der Waals surface area contributed by atoms with Gasteiger partial charge in [0, 0.05) is 18.7 Å². The molecule has 9 heteroatoms. The topological polar surface area (TPSA) is 98.5 Å². The second-order valence-electron chi connectivity index (χ2n) is 5.84. The van der Waals surface area contributed by atoms with E-state index in [1.807, 2.05) is 29.6 Å². The van der Waals surface area contributed by atoms with Crippen LogP contribution in [0.15, 0.2) is 60.1 Å². The third-order valence-corrected chi connectivity index (χ3v) is 4.77. The number of ether oxygens (including phenoxy) is 1. The number of carbonyl (C=O) groups excluding carboxylic acids is 2. The van der Waals surface area contributed by atoms with E-state index in [9.17, 15) is 9.59 Å². The Morgan fingerprint density at radius 3 is 2.68 bits per heavy atom. The average molecular weight is 393 g/mol. The zero-order valence-corrected chi connectivity index (χ0v) is 15.6. The number of nitrogens with zero attached hydrogens (tertiary/aromatic N) is 4. The molecule has 1 unspecified atom stereocenters. The van der Waals surface area contributed by atoms with Crippen molar-refractivity contribution in [3.63, 3.8) is 0 Å². The molecule has 0 aliphatic rings. The second kappa shape index (κ2) is 7.57. The Bertz CT molecular complexity index is 1130. The van der Waals surface area contributed by atoms with Crippen molar-refractivity contribution in [2.45, 2.75) is 13.0 Å². The van der Waals surface area contributed by atoms with Crippen molar-refractivity contribution in [1.82, 2.24) is 19.6 Å². The average Bonchev–Trinajstić information content (AvgIpc) is 3.35. The minimum atomic E-state index is -1.10. The van der Waals surface area contributed by atoms with Gasteiger partial charge in [0.1, 0.15) is 0 Å². The fraction of sp³-hybridized carbons (Fsp3) is 0.105. The van der Waals surface area contributed by atoms with Gasteiger partial charge < -0.3 is 4.74 Å². The highest BCUT2D eigenvalue weighted by atomic mass is 32.1. The van der Waals surface area contributed by atoms with E-state index in [1.54, 1.807) is 46.3 Å². The number of amides is 1. The fourth-order valence-corrected chi connectivity index (χ4v) is 3.44. The number of hydrogen-bond acceptors (Lipinski definition) is 7. The molecule has 1 aromatic carbocycles. The van der Waals surface area contributed by atoms with Crippen molar-refractivity contribution in [2.24, 2.45) is 0 Å². The van der Waals surface area contributed by atoms with Gasteiger partial charge in [0.05, 0.1) is 10.6 Å². The number of rotatable bonds is 5. The molecule has 1 atom stereocenters. The van der Waals surface area contributed by atoms with E-state index in [4.69, 9.17) is 4.74 Å². The van der Waals surface area contributed by atoms with Crippen molar-refractivity contribution < 1.29 is 14.3 Å². The summed E-state index contributed by atoms with van der Waals surface area (Å²) in [5.74, 6) is -0.678. The zero-order valence-electron chi connectivity index (χ0n) is 14.8. The Labute approximate surface area is 163 Å². The molecule has 3 heterocycles. The third kappa shape index (κ3) is 3.60. The Hall–Kier alpha value is -3.59. The number of thiophene rings is 1. The van der Waals surface area contributed by atoms with Gasteiger partial charge in [0.2, 0.25) is 6.10 Å². The number of aromatic nitrogens is 4. The van der Waals surface area contributed by atoms with Crippen LogP contribution in [-0.4, -0.2) is 31.5 Å². The maximum absolute atomic E-state index is 12.7. The van der Waals surface area contributed by atoms with Gasteiger partial charge in [0.25, 0.3) is 17.6 Å². The zero-order chi connectivity index (χ0) is 19.5. The number of anilines is 1. The largest absolute Gasteiger partial charge is 0.447 e. The number of hydrogen-bond donors (Lipinski definition) is 1. The van der Waals surface area contributed by atoms with E-state index in [-0.39, 0.29) is 5.95 Å². The van der Waals surface area contributed by atoms with Crippen molar-refractivity contribution in [2.75, 3.05) is 5.32 Å². The molecule has 140 valence electrons. The summed E-state index contributed by atoms with van der Waals surface area (Å²) in [5, 5.41) is 8.92. The highest BCUT2D eigenvalue weighted by molar-refractivity contribution is 7.13. The Morgan fingerprint density at radius 2 is 1.96 bits per heavy atom. The molecular formula is C19H15N5O3S. The first-order chi connectivity index (χ1) is 13.6. The maximum Gasteiger partial charge on any atom is 0.303 e. The lowest BCUT2D eigenvalue weighted by Gasteiger charge is -2.15. The normalized spacial score (nSPS) is 11.9. The van der Waals surface area contributed by atoms with Crippen LogP contribution in [0.3, 0.4) is 0 Å². The predicted octanol–water partition coefficient (Wildman–Crippen LogP) is 3.10. The summed E-state index contributed by atoms with van der Waals surface area (Å²) < 4.78 is 6.76. The van der Waals surface area contributed by atoms with Crippen molar-refractivity contribution in [3.05, 3.63) is 65.7 Å². The standard InChI is InChI=1S/C19H15N5O3S/c1-12(25)27-16(13-6-3-2-4-7-13)17(26)21-18-22-19-20-10-9-14(24(19)23-18)15-8-5-11-28-15/h2-11,16H,1H3,(H,21,23,26). The molecule has 28 heavy (non-hydrogen) atoms. The first-order valence-corrected chi connectivity index (χ1v) is 9.28. The molecule has 0 radical (unpaired) electrons. The van der Waals surface area contributed by atoms with Crippen LogP contribution in [0.1, 0.15) is 18.6 Å². The van der Waals surface area contributed by atoms with E-state index in [2.05, 4.69) is 20.4 Å². The van der Waals surface area contributed by atoms with E-state index < -0.39 is 18.0 Å². The van der Waals surface area contributed by atoms with Crippen molar-refractivity contribution in [3.8, 4) is 10.6 Å². The van der Waals surface area contributed by atoms with Gasteiger partial charge in [-0.1, -0.05) is 36.4 Å². The monoisotopic (exact) mass is 393 g/mol. The molecule has 0 saturated heterocycles. The number of nitrogens with one attached hydrogen (secondary N) is 1. The summed E-state index contributed by atoms with van der Waals surface area (Å²) in [6, 6.07) is 14.5. The van der Waals surface area contributed by atoms with Gasteiger partial charge in [-0.05, 0) is 17.5 Å². The first-order valence-electron chi connectivity index (χ1n) is 8.40. The lowest BCUT2D eigenvalue weighted by molar-refractivity contribution is -0.152. The molecule has 0 bridgehead atoms. The molecule has 1 amide bonds. The molecule has 3 aromatic heterocycles. The summed E-state index contributed by atoms with van der Waals surface area (Å²) in [4.78, 5) is 33.6. The summed E-state index contributed by atoms with van der Waals surface area (Å²) in [6.07, 6.45) is 0.533. The Kier molecular flexibility index (Phi) is 4.81. The van der Waals surface area contributed by atoms with E-state index in [0.717, 1.165) is 10.6 Å². The molecule has 0 spiro atoms. The highest BCUT2D eigenvalue weighted by Crippen LogP contribution is 2.25. The van der Waals surface area contributed by atoms with E-state index in [0.29, 0.717) is 11.3 Å². The summed E-state index contributed by atoms with van der Waals surface area (Å²) in [6.45, 7) is 1.25. The van der Waals surface area contributed by atoms with Crippen LogP contribution in [0.4, 0.5) is 5.95 Å². The van der Waals surface area contributed by atoms with Crippen LogP contribution in [0.5, 0.6) is 0 Å². The SMILES string of the molecule is CC(=O)OC(C(=O)Nc1nc2nccc(-c3cccs3)n2n1)c1ccccc1. The van der Waals surface area contributed by atoms with Crippen LogP contribution in [-0.2, 0) is 14.3 Å². The van der Waals surface area contributed by atoms with Gasteiger partial charge in [-0.25, -0.2) is 4.98 Å². The third-order valence-electron chi connectivity index (χ3n) is 3.87. The van der Waals surface area contributed by atoms with Crippen molar-refractivity contribution >= 4 is 34.9 Å². The smallest absolute Gasteiger partial charge is 0.303 e. The molecule has 0 aliphatic heterocycles. The van der Waals surface area contributed by atoms with Gasteiger partial charge in [0.15, 0.2) is 0 Å². The van der Waals surface area contributed by atoms with Crippen LogP contribution >= 0.6 is 11.3 Å². The summed E-state index contributed by atoms with van der Waals surface area (Å²) in [7, 11) is 0. The molecule has 4 aromatic rings. The molecule has 0 fully saturated rings. The predicted molar refractivity (Wildman–Crippen MR) is 104 cm³/mol. The Morgan fingerprint density at radius 1 is 1.14 bits per heavy atom. The quantitative estimate of drug-likeness (QED) is 0.523. The minimum absolute atomic E-state index is 0.0783. The van der Waals surface area contributed by atoms with Gasteiger partial charge in [-0.2, -0.15) is 9.50 Å². The van der Waals surface area contributed by atoms with Crippen LogP contribution in [0.2, 0.25) is 0 Å². The Balaban J connectivity index is 1.64. The molecular weight excluding hydrogens is 378 g/mol. The van der Waals surface area contributed by atoms with Crippen LogP contribution in [0, 0.1) is 0 Å². The van der Waals surface area contributed by atoms with Crippen LogP contribution in [0.25, 0.3) is 16.3 Å². The molecule has 0 aliphatic carbocycles. The molecule has 8 nitrogen and oxygen atoms in total. The second-order valence-corrected chi connectivity index (χ2v) is 6.79. The van der Waals surface area contributed by atoms with E-state index >= 15 is 0 Å². The number of benzene rings is 1. The number of carbonyl (C=O) groups is 2. The van der Waals surface area contributed by atoms with Crippen LogP contribution < -0.4 is 5.32 Å². The van der Waals surface area contributed by atoms with Gasteiger partial charge >= 0.3 is 5.97 Å². The first kappa shape index (κ1) is 17.8. The highest BCUT2D eigenvalue weighted by Gasteiger charge is 2.25. The molecule has 4 rings (SSSR count). The van der Waals surface area contributed by atoms with Gasteiger partial charge in [-0.3, -0.25) is 14.9 Å². The maximum atomic E-state index is 12.7. The molecule has 0 saturated carbocycles.